The van der Waals surface area contributed by atoms with E-state index >= 15 is 0 Å². The first-order valence-electron chi connectivity index (χ1n) is 6.39. The zero-order valence-electron chi connectivity index (χ0n) is 11.9. The topological polar surface area (TPSA) is 52.3 Å². The average molecular weight is 249 g/mol. The standard InChI is InChI=1S/C15H23NO2/c1-9(2)13-7-14(12(5)17)10(3)6-15(13)18-11(4)8-16/h6-7,9,11H,8,16H2,1-5H3. The number of ketones is 1. The lowest BCUT2D eigenvalue weighted by molar-refractivity contribution is 0.101. The summed E-state index contributed by atoms with van der Waals surface area (Å²) in [6.07, 6.45) is -0.0231. The Morgan fingerprint density at radius 3 is 2.39 bits per heavy atom. The van der Waals surface area contributed by atoms with Crippen LogP contribution in [0.5, 0.6) is 5.75 Å². The number of aryl methyl sites for hydroxylation is 1. The molecule has 0 aliphatic carbocycles. The smallest absolute Gasteiger partial charge is 0.160 e. The van der Waals surface area contributed by atoms with E-state index in [9.17, 15) is 4.79 Å². The summed E-state index contributed by atoms with van der Waals surface area (Å²) in [6, 6.07) is 3.89. The van der Waals surface area contributed by atoms with Gasteiger partial charge in [0.2, 0.25) is 0 Å². The van der Waals surface area contributed by atoms with Gasteiger partial charge in [-0.25, -0.2) is 0 Å². The molecule has 0 fully saturated rings. The maximum absolute atomic E-state index is 11.6. The summed E-state index contributed by atoms with van der Waals surface area (Å²) >= 11 is 0. The Kier molecular flexibility index (Phi) is 4.91. The molecule has 0 saturated heterocycles. The van der Waals surface area contributed by atoms with Gasteiger partial charge in [-0.3, -0.25) is 4.79 Å². The molecular weight excluding hydrogens is 226 g/mol. The van der Waals surface area contributed by atoms with Gasteiger partial charge in [0.15, 0.2) is 5.78 Å². The minimum absolute atomic E-state index is 0.0231. The molecule has 0 aliphatic heterocycles. The van der Waals surface area contributed by atoms with Gasteiger partial charge in [0.25, 0.3) is 0 Å². The number of rotatable bonds is 5. The van der Waals surface area contributed by atoms with Crippen molar-refractivity contribution in [3.63, 3.8) is 0 Å². The second kappa shape index (κ2) is 6.01. The Labute approximate surface area is 109 Å². The monoisotopic (exact) mass is 249 g/mol. The van der Waals surface area contributed by atoms with Gasteiger partial charge < -0.3 is 10.5 Å². The van der Waals surface area contributed by atoms with E-state index in [1.807, 2.05) is 26.0 Å². The maximum Gasteiger partial charge on any atom is 0.160 e. The van der Waals surface area contributed by atoms with E-state index in [-0.39, 0.29) is 11.9 Å². The van der Waals surface area contributed by atoms with Crippen molar-refractivity contribution in [1.82, 2.24) is 0 Å². The van der Waals surface area contributed by atoms with Crippen molar-refractivity contribution < 1.29 is 9.53 Å². The largest absolute Gasteiger partial charge is 0.489 e. The molecule has 0 aliphatic rings. The van der Waals surface area contributed by atoms with E-state index in [0.717, 1.165) is 22.4 Å². The van der Waals surface area contributed by atoms with Crippen molar-refractivity contribution in [1.29, 1.82) is 0 Å². The van der Waals surface area contributed by atoms with Crippen LogP contribution >= 0.6 is 0 Å². The molecule has 0 amide bonds. The SMILES string of the molecule is CC(=O)c1cc(C(C)C)c(OC(C)CN)cc1C. The Morgan fingerprint density at radius 2 is 1.94 bits per heavy atom. The number of hydrogen-bond acceptors (Lipinski definition) is 3. The van der Waals surface area contributed by atoms with Crippen LogP contribution in [0, 0.1) is 6.92 Å². The molecule has 1 atom stereocenters. The third-order valence-electron chi connectivity index (χ3n) is 3.02. The van der Waals surface area contributed by atoms with Gasteiger partial charge in [-0.2, -0.15) is 0 Å². The normalized spacial score (nSPS) is 12.6. The average Bonchev–Trinajstić information content (AvgIpc) is 2.27. The molecule has 0 bridgehead atoms. The molecule has 18 heavy (non-hydrogen) atoms. The molecule has 0 heterocycles. The predicted molar refractivity (Wildman–Crippen MR) is 74.4 cm³/mol. The molecule has 2 N–H and O–H groups in total. The first-order chi connectivity index (χ1) is 8.36. The molecule has 3 heteroatoms. The van der Waals surface area contributed by atoms with Gasteiger partial charge in [0, 0.05) is 12.1 Å². The molecule has 1 aromatic carbocycles. The summed E-state index contributed by atoms with van der Waals surface area (Å²) in [5.41, 5.74) is 8.36. The number of hydrogen-bond donors (Lipinski definition) is 1. The number of nitrogens with two attached hydrogens (primary N) is 1. The van der Waals surface area contributed by atoms with Crippen LogP contribution in [-0.2, 0) is 0 Å². The van der Waals surface area contributed by atoms with Gasteiger partial charge in [0.1, 0.15) is 11.9 Å². The van der Waals surface area contributed by atoms with E-state index in [1.54, 1.807) is 6.92 Å². The zero-order chi connectivity index (χ0) is 13.9. The van der Waals surface area contributed by atoms with Gasteiger partial charge in [-0.05, 0) is 49.9 Å². The second-order valence-corrected chi connectivity index (χ2v) is 5.08. The molecule has 1 rings (SSSR count). The maximum atomic E-state index is 11.6. The van der Waals surface area contributed by atoms with Gasteiger partial charge in [0.05, 0.1) is 0 Å². The lowest BCUT2D eigenvalue weighted by Gasteiger charge is -2.20. The minimum atomic E-state index is -0.0231. The van der Waals surface area contributed by atoms with Crippen LogP contribution in [0.4, 0.5) is 0 Å². The van der Waals surface area contributed by atoms with Crippen LogP contribution in [0.3, 0.4) is 0 Å². The summed E-state index contributed by atoms with van der Waals surface area (Å²) in [6.45, 7) is 10.1. The molecule has 100 valence electrons. The summed E-state index contributed by atoms with van der Waals surface area (Å²) < 4.78 is 5.84. The highest BCUT2D eigenvalue weighted by molar-refractivity contribution is 5.96. The van der Waals surface area contributed by atoms with E-state index in [0.29, 0.717) is 12.5 Å². The number of benzene rings is 1. The fraction of sp³-hybridized carbons (Fsp3) is 0.533. The summed E-state index contributed by atoms with van der Waals surface area (Å²) in [4.78, 5) is 11.6. The van der Waals surface area contributed by atoms with Crippen LogP contribution in [-0.4, -0.2) is 18.4 Å². The molecule has 1 unspecified atom stereocenters. The van der Waals surface area contributed by atoms with E-state index in [2.05, 4.69) is 13.8 Å². The minimum Gasteiger partial charge on any atom is -0.489 e. The highest BCUT2D eigenvalue weighted by atomic mass is 16.5. The zero-order valence-corrected chi connectivity index (χ0v) is 11.9. The first kappa shape index (κ1) is 14.7. The third kappa shape index (κ3) is 3.33. The van der Waals surface area contributed by atoms with Crippen molar-refractivity contribution in [2.45, 2.75) is 46.6 Å². The lowest BCUT2D eigenvalue weighted by Crippen LogP contribution is -2.23. The number of carbonyl (C=O) groups excluding carboxylic acids is 1. The summed E-state index contributed by atoms with van der Waals surface area (Å²) in [5.74, 6) is 1.24. The summed E-state index contributed by atoms with van der Waals surface area (Å²) in [5, 5.41) is 0. The van der Waals surface area contributed by atoms with Gasteiger partial charge >= 0.3 is 0 Å². The van der Waals surface area contributed by atoms with E-state index in [1.165, 1.54) is 0 Å². The molecular formula is C15H23NO2. The Bertz CT molecular complexity index is 438. The molecule has 1 aromatic rings. The Morgan fingerprint density at radius 1 is 1.33 bits per heavy atom. The van der Waals surface area contributed by atoms with Crippen molar-refractivity contribution in [2.24, 2.45) is 5.73 Å². The van der Waals surface area contributed by atoms with Crippen LogP contribution in [0.25, 0.3) is 0 Å². The third-order valence-corrected chi connectivity index (χ3v) is 3.02. The fourth-order valence-electron chi connectivity index (χ4n) is 1.90. The van der Waals surface area contributed by atoms with Crippen LogP contribution in [0.2, 0.25) is 0 Å². The van der Waals surface area contributed by atoms with E-state index in [4.69, 9.17) is 10.5 Å². The highest BCUT2D eigenvalue weighted by Crippen LogP contribution is 2.30. The predicted octanol–water partition coefficient (Wildman–Crippen LogP) is 3.05. The number of carbonyl (C=O) groups is 1. The van der Waals surface area contributed by atoms with Crippen LogP contribution in [0.15, 0.2) is 12.1 Å². The second-order valence-electron chi connectivity index (χ2n) is 5.08. The molecule has 3 nitrogen and oxygen atoms in total. The highest BCUT2D eigenvalue weighted by Gasteiger charge is 2.15. The Hall–Kier alpha value is -1.35. The molecule has 0 saturated carbocycles. The van der Waals surface area contributed by atoms with E-state index < -0.39 is 0 Å². The van der Waals surface area contributed by atoms with Crippen molar-refractivity contribution in [3.05, 3.63) is 28.8 Å². The molecule has 0 spiro atoms. The lowest BCUT2D eigenvalue weighted by atomic mass is 9.95. The number of Topliss-reactive ketones (excluding diaryl/α,β-unsaturated/α-hetero) is 1. The van der Waals surface area contributed by atoms with Crippen molar-refractivity contribution in [3.8, 4) is 5.75 Å². The quantitative estimate of drug-likeness (QED) is 0.816. The van der Waals surface area contributed by atoms with Crippen LogP contribution < -0.4 is 10.5 Å². The number of ether oxygens (including phenoxy) is 1. The fourth-order valence-corrected chi connectivity index (χ4v) is 1.90. The molecule has 0 radical (unpaired) electrons. The van der Waals surface area contributed by atoms with Gasteiger partial charge in [-0.15, -0.1) is 0 Å². The van der Waals surface area contributed by atoms with Gasteiger partial charge in [-0.1, -0.05) is 13.8 Å². The Balaban J connectivity index is 3.24. The van der Waals surface area contributed by atoms with Crippen molar-refractivity contribution >= 4 is 5.78 Å². The van der Waals surface area contributed by atoms with Crippen molar-refractivity contribution in [2.75, 3.05) is 6.54 Å². The van der Waals surface area contributed by atoms with Crippen LogP contribution in [0.1, 0.15) is 55.1 Å². The first-order valence-corrected chi connectivity index (χ1v) is 6.39. The molecule has 0 aromatic heterocycles. The summed E-state index contributed by atoms with van der Waals surface area (Å²) in [7, 11) is 0.